The average molecular weight is 378 g/mol. The zero-order valence-electron chi connectivity index (χ0n) is 14.7. The molecule has 3 rings (SSSR count). The summed E-state index contributed by atoms with van der Waals surface area (Å²) in [5.41, 5.74) is 3.98. The minimum atomic E-state index is 0.241. The summed E-state index contributed by atoms with van der Waals surface area (Å²) in [5.74, 6) is 0. The van der Waals surface area contributed by atoms with Crippen LogP contribution in [0.2, 0.25) is 5.02 Å². The van der Waals surface area contributed by atoms with E-state index in [0.29, 0.717) is 28.5 Å². The second kappa shape index (κ2) is 8.47. The van der Waals surface area contributed by atoms with Crippen LogP contribution in [0, 0.1) is 10.8 Å². The van der Waals surface area contributed by atoms with Crippen molar-refractivity contribution < 1.29 is 0 Å². The lowest BCUT2D eigenvalue weighted by Gasteiger charge is -2.08. The number of allylic oxidation sites excluding steroid dienone is 2. The van der Waals surface area contributed by atoms with E-state index in [1.165, 1.54) is 0 Å². The van der Waals surface area contributed by atoms with Crippen molar-refractivity contribution >= 4 is 33.9 Å². The Kier molecular flexibility index (Phi) is 5.84. The van der Waals surface area contributed by atoms with Crippen molar-refractivity contribution in [3.8, 4) is 0 Å². The topological polar surface area (TPSA) is 88.4 Å². The minimum Gasteiger partial charge on any atom is -0.383 e. The van der Waals surface area contributed by atoms with Crippen molar-refractivity contribution in [1.29, 1.82) is 10.8 Å². The number of hydrogen-bond donors (Lipinski definition) is 4. The number of fused-ring (bicyclic) bond motifs is 1. The molecule has 0 radical (unpaired) electrons. The van der Waals surface area contributed by atoms with Gasteiger partial charge in [0.25, 0.3) is 0 Å². The Hall–Kier alpha value is -3.18. The van der Waals surface area contributed by atoms with Crippen molar-refractivity contribution in [2.24, 2.45) is 0 Å². The van der Waals surface area contributed by atoms with E-state index in [1.54, 1.807) is 30.6 Å². The normalized spacial score (nSPS) is 11.0. The van der Waals surface area contributed by atoms with Crippen LogP contribution in [0.3, 0.4) is 0 Å². The largest absolute Gasteiger partial charge is 0.383 e. The third-order valence-corrected chi connectivity index (χ3v) is 4.41. The summed E-state index contributed by atoms with van der Waals surface area (Å²) in [5, 5.41) is 21.1. The van der Waals surface area contributed by atoms with Gasteiger partial charge in [-0.05, 0) is 54.5 Å². The van der Waals surface area contributed by atoms with Gasteiger partial charge in [-0.2, -0.15) is 0 Å². The first-order chi connectivity index (χ1) is 13.0. The molecule has 2 heterocycles. The number of pyridine rings is 1. The van der Waals surface area contributed by atoms with Gasteiger partial charge in [0.2, 0.25) is 0 Å². The molecule has 5 nitrogen and oxygen atoms in total. The van der Waals surface area contributed by atoms with Crippen molar-refractivity contribution in [1.82, 2.24) is 15.3 Å². The van der Waals surface area contributed by atoms with E-state index in [-0.39, 0.29) is 5.71 Å². The van der Waals surface area contributed by atoms with Crippen molar-refractivity contribution in [2.75, 3.05) is 6.54 Å². The molecule has 0 saturated carbocycles. The molecule has 0 amide bonds. The number of halogens is 1. The van der Waals surface area contributed by atoms with E-state index in [9.17, 15) is 0 Å². The highest BCUT2D eigenvalue weighted by atomic mass is 35.5. The highest BCUT2D eigenvalue weighted by Gasteiger charge is 2.05. The van der Waals surface area contributed by atoms with E-state index >= 15 is 0 Å². The van der Waals surface area contributed by atoms with Gasteiger partial charge in [0, 0.05) is 46.6 Å². The third-order valence-electron chi connectivity index (χ3n) is 4.18. The summed E-state index contributed by atoms with van der Waals surface area (Å²) in [6.07, 6.45) is 9.19. The molecule has 27 heavy (non-hydrogen) atoms. The maximum Gasteiger partial charge on any atom is 0.0765 e. The van der Waals surface area contributed by atoms with Crippen LogP contribution in [0.1, 0.15) is 11.1 Å². The first-order valence-corrected chi connectivity index (χ1v) is 8.86. The first-order valence-electron chi connectivity index (χ1n) is 8.49. The molecular weight excluding hydrogens is 358 g/mol. The van der Waals surface area contributed by atoms with Gasteiger partial charge in [-0.15, -0.1) is 0 Å². The molecule has 2 aromatic heterocycles. The number of nitrogens with zero attached hydrogens (tertiary/aromatic N) is 1. The summed E-state index contributed by atoms with van der Waals surface area (Å²) < 4.78 is 0. The van der Waals surface area contributed by atoms with Crippen LogP contribution >= 0.6 is 11.6 Å². The quantitative estimate of drug-likeness (QED) is 0.435. The maximum atomic E-state index is 8.08. The van der Waals surface area contributed by atoms with E-state index in [0.717, 1.165) is 22.9 Å². The highest BCUT2D eigenvalue weighted by molar-refractivity contribution is 6.31. The number of nitrogens with one attached hydrogen (secondary N) is 4. The number of hydrogen-bond acceptors (Lipinski definition) is 4. The fourth-order valence-corrected chi connectivity index (χ4v) is 2.86. The molecule has 0 aliphatic heterocycles. The summed E-state index contributed by atoms with van der Waals surface area (Å²) in [4.78, 5) is 7.22. The monoisotopic (exact) mass is 377 g/mol. The molecule has 0 bridgehead atoms. The molecule has 0 aliphatic rings. The minimum absolute atomic E-state index is 0.241. The molecule has 3 aromatic rings. The van der Waals surface area contributed by atoms with Crippen LogP contribution in [0.25, 0.3) is 10.9 Å². The van der Waals surface area contributed by atoms with E-state index in [2.05, 4.69) is 21.9 Å². The predicted octanol–water partition coefficient (Wildman–Crippen LogP) is 4.51. The molecule has 4 N–H and O–H groups in total. The number of H-pyrrole nitrogens is 1. The third kappa shape index (κ3) is 4.71. The molecule has 1 aromatic carbocycles. The molecule has 136 valence electrons. The van der Waals surface area contributed by atoms with Crippen LogP contribution in [-0.2, 0) is 6.42 Å². The molecule has 0 saturated heterocycles. The molecular formula is C21H20ClN5. The second-order valence-corrected chi connectivity index (χ2v) is 6.50. The van der Waals surface area contributed by atoms with Crippen LogP contribution in [0.15, 0.2) is 73.4 Å². The van der Waals surface area contributed by atoms with Gasteiger partial charge >= 0.3 is 0 Å². The highest BCUT2D eigenvalue weighted by Crippen LogP contribution is 2.22. The Balaban J connectivity index is 1.52. The fraction of sp³-hybridized carbons (Fsp3) is 0.0952. The Bertz CT molecular complexity index is 1020. The summed E-state index contributed by atoms with van der Waals surface area (Å²) >= 11 is 6.08. The summed E-state index contributed by atoms with van der Waals surface area (Å²) in [6, 6.07) is 9.36. The zero-order chi connectivity index (χ0) is 19.2. The standard InChI is InChI=1S/C21H20ClN5/c1-14(19(23)5-6-20(24)16-3-2-9-25-12-16)26-10-8-15-13-27-21-7-4-17(22)11-18(15)21/h2-7,9,11-13,23-24,26-27H,1,8,10H2/b6-5-,23-19?,24-20?. The van der Waals surface area contributed by atoms with Gasteiger partial charge in [0.05, 0.1) is 17.1 Å². The van der Waals surface area contributed by atoms with Gasteiger partial charge in [-0.3, -0.25) is 10.4 Å². The molecule has 0 unspecified atom stereocenters. The number of rotatable bonds is 8. The number of aromatic nitrogens is 2. The van der Waals surface area contributed by atoms with Crippen LogP contribution in [0.5, 0.6) is 0 Å². The summed E-state index contributed by atoms with van der Waals surface area (Å²) in [6.45, 7) is 4.55. The van der Waals surface area contributed by atoms with Crippen molar-refractivity contribution in [3.63, 3.8) is 0 Å². The predicted molar refractivity (Wildman–Crippen MR) is 112 cm³/mol. The SMILES string of the molecule is C=C(NCCc1c[nH]c2ccc(Cl)cc12)C(=N)/C=C\C(=N)c1cccnc1. The lowest BCUT2D eigenvalue weighted by atomic mass is 10.1. The smallest absolute Gasteiger partial charge is 0.0765 e. The lowest BCUT2D eigenvalue weighted by Crippen LogP contribution is -2.20. The molecule has 0 atom stereocenters. The van der Waals surface area contributed by atoms with E-state index < -0.39 is 0 Å². The summed E-state index contributed by atoms with van der Waals surface area (Å²) in [7, 11) is 0. The lowest BCUT2D eigenvalue weighted by molar-refractivity contribution is 0.818. The van der Waals surface area contributed by atoms with Crippen LogP contribution in [-0.4, -0.2) is 27.9 Å². The van der Waals surface area contributed by atoms with E-state index in [4.69, 9.17) is 22.4 Å². The van der Waals surface area contributed by atoms with Gasteiger partial charge in [0.15, 0.2) is 0 Å². The Morgan fingerprint density at radius 1 is 1.26 bits per heavy atom. The molecule has 0 aliphatic carbocycles. The van der Waals surface area contributed by atoms with Crippen molar-refractivity contribution in [3.05, 3.63) is 89.5 Å². The zero-order valence-corrected chi connectivity index (χ0v) is 15.5. The fourth-order valence-electron chi connectivity index (χ4n) is 2.69. The average Bonchev–Trinajstić information content (AvgIpc) is 3.08. The van der Waals surface area contributed by atoms with Gasteiger partial charge in [-0.1, -0.05) is 18.2 Å². The Labute approximate surface area is 162 Å². The maximum absolute atomic E-state index is 8.08. The van der Waals surface area contributed by atoms with Crippen LogP contribution in [0.4, 0.5) is 0 Å². The Morgan fingerprint density at radius 3 is 2.89 bits per heavy atom. The van der Waals surface area contributed by atoms with Gasteiger partial charge in [-0.25, -0.2) is 0 Å². The number of benzene rings is 1. The molecule has 6 heteroatoms. The van der Waals surface area contributed by atoms with Crippen molar-refractivity contribution in [2.45, 2.75) is 6.42 Å². The first kappa shape index (κ1) is 18.6. The number of aromatic amines is 1. The molecule has 0 fully saturated rings. The van der Waals surface area contributed by atoms with Crippen LogP contribution < -0.4 is 5.32 Å². The van der Waals surface area contributed by atoms with Gasteiger partial charge < -0.3 is 15.7 Å². The van der Waals surface area contributed by atoms with E-state index in [1.807, 2.05) is 30.5 Å². The Morgan fingerprint density at radius 2 is 2.11 bits per heavy atom. The second-order valence-electron chi connectivity index (χ2n) is 6.06. The molecule has 0 spiro atoms. The van der Waals surface area contributed by atoms with Gasteiger partial charge in [0.1, 0.15) is 0 Å².